The molecule has 3 nitrogen and oxygen atoms in total. The van der Waals surface area contributed by atoms with E-state index >= 15 is 0 Å². The number of hydrogen-bond acceptors (Lipinski definition) is 1. The Labute approximate surface area is 350 Å². The summed E-state index contributed by atoms with van der Waals surface area (Å²) >= 11 is 0. The van der Waals surface area contributed by atoms with E-state index in [-0.39, 0.29) is 20.4 Å². The van der Waals surface area contributed by atoms with Crippen molar-refractivity contribution in [2.45, 2.75) is 124 Å². The van der Waals surface area contributed by atoms with Crippen LogP contribution in [0.5, 0.6) is 0 Å². The molecule has 0 N–H and O–H groups in total. The summed E-state index contributed by atoms with van der Waals surface area (Å²) in [5.74, 6) is 0. The van der Waals surface area contributed by atoms with Crippen LogP contribution in [-0.4, -0.2) is 17.8 Å². The van der Waals surface area contributed by atoms with Gasteiger partial charge in [0.15, 0.2) is 0 Å². The summed E-state index contributed by atoms with van der Waals surface area (Å²) in [5.41, 5.74) is 21.9. The van der Waals surface area contributed by atoms with Gasteiger partial charge in [0.25, 0.3) is 0 Å². The van der Waals surface area contributed by atoms with Gasteiger partial charge in [0.05, 0.1) is 0 Å². The molecular formula is C51H69N3Pd. The van der Waals surface area contributed by atoms with E-state index in [1.807, 2.05) is 36.4 Å². The van der Waals surface area contributed by atoms with Gasteiger partial charge in [-0.05, 0) is 81.5 Å². The quantitative estimate of drug-likeness (QED) is 0.0377. The van der Waals surface area contributed by atoms with Crippen molar-refractivity contribution in [1.82, 2.24) is 0 Å². The van der Waals surface area contributed by atoms with Crippen molar-refractivity contribution >= 4 is 17.1 Å². The third-order valence-corrected chi connectivity index (χ3v) is 10.2. The summed E-state index contributed by atoms with van der Waals surface area (Å²) in [4.78, 5) is 2.35. The molecule has 4 aromatic carbocycles. The molecule has 1 heterocycles. The maximum atomic E-state index is 11.5. The van der Waals surface area contributed by atoms with Gasteiger partial charge in [-0.15, -0.1) is 0 Å². The molecule has 0 aromatic heterocycles. The molecule has 0 fully saturated rings. The third-order valence-electron chi connectivity index (χ3n) is 10.2. The zero-order chi connectivity index (χ0) is 38.8. The molecule has 0 aliphatic carbocycles. The van der Waals surface area contributed by atoms with E-state index in [9.17, 15) is 5.53 Å². The fourth-order valence-corrected chi connectivity index (χ4v) is 6.83. The normalized spacial score (nSPS) is 11.9. The Morgan fingerprint density at radius 3 is 1.44 bits per heavy atom. The number of allylic oxidation sites excluding steroid dienone is 2. The molecule has 0 saturated carbocycles. The molecule has 1 aliphatic heterocycles. The fraction of sp³-hybridized carbons (Fsp3) is 0.412. The molecule has 5 rings (SSSR count). The first-order chi connectivity index (χ1) is 26.5. The minimum Gasteiger partial charge on any atom is -0.493 e. The monoisotopic (exact) mass is 829 g/mol. The Hall–Kier alpha value is -3.58. The number of anilines is 1. The van der Waals surface area contributed by atoms with Crippen molar-refractivity contribution in [3.63, 3.8) is 0 Å². The van der Waals surface area contributed by atoms with Crippen LogP contribution in [0.4, 0.5) is 5.69 Å². The molecule has 0 atom stereocenters. The fourth-order valence-electron chi connectivity index (χ4n) is 6.83. The first-order valence-corrected chi connectivity index (χ1v) is 21.0. The van der Waals surface area contributed by atoms with Crippen molar-refractivity contribution in [3.8, 4) is 0 Å². The second-order valence-electron chi connectivity index (χ2n) is 14.3. The van der Waals surface area contributed by atoms with Gasteiger partial charge >= 0.3 is 20.4 Å². The van der Waals surface area contributed by atoms with Crippen molar-refractivity contribution in [2.75, 3.05) is 18.0 Å². The molecule has 0 bridgehead atoms. The van der Waals surface area contributed by atoms with Gasteiger partial charge in [-0.25, -0.2) is 4.70 Å². The van der Waals surface area contributed by atoms with Crippen molar-refractivity contribution in [1.29, 1.82) is 0 Å². The molecule has 0 spiro atoms. The van der Waals surface area contributed by atoms with E-state index in [0.717, 1.165) is 61.3 Å². The predicted molar refractivity (Wildman–Crippen MR) is 236 cm³/mol. The van der Waals surface area contributed by atoms with Gasteiger partial charge in [-0.2, -0.15) is 12.8 Å². The minimum atomic E-state index is 0. The first kappa shape index (κ1) is 47.6. The molecule has 0 unspecified atom stereocenters. The van der Waals surface area contributed by atoms with Crippen molar-refractivity contribution in [2.24, 2.45) is 0 Å². The topological polar surface area (TPSA) is 28.6 Å². The molecule has 55 heavy (non-hydrogen) atoms. The number of rotatable bonds is 20. The summed E-state index contributed by atoms with van der Waals surface area (Å²) in [6, 6.07) is 38.0. The Balaban J connectivity index is 0.000000503. The van der Waals surface area contributed by atoms with E-state index in [2.05, 4.69) is 125 Å². The van der Waals surface area contributed by atoms with Gasteiger partial charge in [-0.1, -0.05) is 156 Å². The molecular weight excluding hydrogens is 761 g/mol. The van der Waals surface area contributed by atoms with E-state index in [0.29, 0.717) is 0 Å². The third kappa shape index (κ3) is 17.0. The summed E-state index contributed by atoms with van der Waals surface area (Å²) in [7, 11) is 0. The van der Waals surface area contributed by atoms with Crippen molar-refractivity contribution in [3.05, 3.63) is 168 Å². The number of hydrogen-bond donors (Lipinski definition) is 0. The van der Waals surface area contributed by atoms with Gasteiger partial charge in [0.1, 0.15) is 0 Å². The Bertz CT molecular complexity index is 1600. The van der Waals surface area contributed by atoms with Crippen LogP contribution < -0.4 is 4.90 Å². The maximum absolute atomic E-state index is 11.5. The van der Waals surface area contributed by atoms with Crippen LogP contribution in [0.15, 0.2) is 121 Å². The Kier molecular flexibility index (Phi) is 24.9. The summed E-state index contributed by atoms with van der Waals surface area (Å²) in [5, 5.41) is 0. The zero-order valence-electron chi connectivity index (χ0n) is 34.6. The molecule has 0 amide bonds. The average Bonchev–Trinajstić information content (AvgIpc) is 3.56. The summed E-state index contributed by atoms with van der Waals surface area (Å²) in [6.45, 7) is 18.4. The summed E-state index contributed by atoms with van der Waals surface area (Å²) < 4.78 is 1.44. The largest absolute Gasteiger partial charge is 2.00 e. The molecule has 4 aromatic rings. The Morgan fingerprint density at radius 2 is 0.964 bits per heavy atom. The second-order valence-corrected chi connectivity index (χ2v) is 14.3. The number of unbranched alkanes of at least 4 members (excludes halogenated alkanes) is 9. The van der Waals surface area contributed by atoms with Crippen LogP contribution in [0.25, 0.3) is 16.9 Å². The summed E-state index contributed by atoms with van der Waals surface area (Å²) in [6.07, 6.45) is 20.3. The SMILES string of the molecule is CCCCCCCCCC1=C(c2ccc(CCCCCC)cc2)[N+](=[N-])C(c2ccc(N(CC)CC)cc2)=C1.[CH2-]Cc1ccccc1.[CH2-]Cc1ccccc1.[Pd+2]. The second kappa shape index (κ2) is 28.8. The predicted octanol–water partition coefficient (Wildman–Crippen LogP) is 14.7. The average molecular weight is 831 g/mol. The van der Waals surface area contributed by atoms with Crippen molar-refractivity contribution < 1.29 is 25.1 Å². The van der Waals surface area contributed by atoms with Crippen LogP contribution in [0.2, 0.25) is 0 Å². The standard InChI is InChI=1S/C35H51N3.2C8H9.Pd/c1-5-9-11-13-14-15-17-19-32-28-34(30-24-26-33(27-25-30)37(7-3)8-4)38(36)35(32)31-22-20-29(21-23-31)18-16-12-10-6-2;2*1-2-8-6-4-3-5-7-8;/h20-28H,5-19H2,1-4H3;2*3-7H,1-2H2;/q;2*-1;+2. The van der Waals surface area contributed by atoms with Crippen LogP contribution in [0.1, 0.15) is 133 Å². The molecule has 0 saturated heterocycles. The number of nitrogens with zero attached hydrogens (tertiary/aromatic N) is 3. The minimum absolute atomic E-state index is 0. The van der Waals surface area contributed by atoms with Gasteiger partial charge < -0.3 is 24.3 Å². The van der Waals surface area contributed by atoms with Gasteiger partial charge in [0, 0.05) is 41.6 Å². The molecule has 1 aliphatic rings. The smallest absolute Gasteiger partial charge is 0.493 e. The van der Waals surface area contributed by atoms with E-state index < -0.39 is 0 Å². The first-order valence-electron chi connectivity index (χ1n) is 21.0. The van der Waals surface area contributed by atoms with Crippen LogP contribution in [0, 0.1) is 13.8 Å². The van der Waals surface area contributed by atoms with E-state index in [1.165, 1.54) is 103 Å². The van der Waals surface area contributed by atoms with Gasteiger partial charge in [0.2, 0.25) is 11.4 Å². The van der Waals surface area contributed by atoms with Crippen LogP contribution >= 0.6 is 0 Å². The van der Waals surface area contributed by atoms with Gasteiger partial charge in [-0.3, -0.25) is 0 Å². The van der Waals surface area contributed by atoms with Crippen LogP contribution in [-0.2, 0) is 39.7 Å². The Morgan fingerprint density at radius 1 is 0.509 bits per heavy atom. The molecule has 298 valence electrons. The van der Waals surface area contributed by atoms with E-state index in [1.54, 1.807) is 0 Å². The van der Waals surface area contributed by atoms with E-state index in [4.69, 9.17) is 0 Å². The molecule has 0 radical (unpaired) electrons. The number of aryl methyl sites for hydroxylation is 1. The molecule has 4 heteroatoms. The zero-order valence-corrected chi connectivity index (χ0v) is 36.1. The number of benzene rings is 4. The maximum Gasteiger partial charge on any atom is 2.00 e. The van der Waals surface area contributed by atoms with Crippen LogP contribution in [0.3, 0.4) is 0 Å².